The fraction of sp³-hybridized carbons (Fsp3) is 0.250. The smallest absolute Gasteiger partial charge is 0.339 e. The maximum absolute atomic E-state index is 12.8. The first-order valence-electron chi connectivity index (χ1n) is 14.0. The summed E-state index contributed by atoms with van der Waals surface area (Å²) in [6.07, 6.45) is 3.80. The Kier molecular flexibility index (Phi) is 7.70. The quantitative estimate of drug-likeness (QED) is 0.229. The highest BCUT2D eigenvalue weighted by Gasteiger charge is 2.24. The molecule has 42 heavy (non-hydrogen) atoms. The maximum Gasteiger partial charge on any atom is 0.339 e. The minimum absolute atomic E-state index is 0.0335. The predicted molar refractivity (Wildman–Crippen MR) is 157 cm³/mol. The number of hydrogen-bond acceptors (Lipinski definition) is 7. The normalized spacial score (nSPS) is 14.3. The number of carboxylic acid groups (broad SMARTS) is 1. The number of carboxylic acids is 1. The van der Waals surface area contributed by atoms with Gasteiger partial charge in [-0.05, 0) is 24.5 Å². The summed E-state index contributed by atoms with van der Waals surface area (Å²) in [5.74, 6) is -1.18. The van der Waals surface area contributed by atoms with E-state index in [0.717, 1.165) is 38.0 Å². The highest BCUT2D eigenvalue weighted by atomic mass is 16.4. The number of phenols is 1. The molecule has 1 aliphatic rings. The number of aromatic hydroxyl groups is 1. The molecule has 0 aliphatic carbocycles. The molecular weight excluding hydrogens is 534 g/mol. The zero-order valence-electron chi connectivity index (χ0n) is 22.9. The zero-order chi connectivity index (χ0) is 29.1. The van der Waals surface area contributed by atoms with Crippen molar-refractivity contribution in [1.82, 2.24) is 25.2 Å². The van der Waals surface area contributed by atoms with Crippen molar-refractivity contribution in [2.24, 2.45) is 0 Å². The number of likely N-dealkylation sites (tertiary alicyclic amines) is 1. The second-order valence-electron chi connectivity index (χ2n) is 10.6. The number of aromatic carboxylic acids is 1. The average Bonchev–Trinajstić information content (AvgIpc) is 3.62. The number of piperidine rings is 1. The van der Waals surface area contributed by atoms with Crippen LogP contribution in [0.3, 0.4) is 0 Å². The fourth-order valence-corrected chi connectivity index (χ4v) is 5.47. The van der Waals surface area contributed by atoms with E-state index in [1.165, 1.54) is 17.7 Å². The van der Waals surface area contributed by atoms with Crippen molar-refractivity contribution in [1.29, 1.82) is 0 Å². The molecule has 2 aromatic heterocycles. The first-order chi connectivity index (χ1) is 20.4. The number of hydrogen-bond donors (Lipinski definition) is 3. The number of fused-ring (bicyclic) bond motifs is 1. The minimum atomic E-state index is -1.25. The van der Waals surface area contributed by atoms with Crippen LogP contribution < -0.4 is 5.32 Å². The molecule has 1 fully saturated rings. The molecule has 1 aliphatic heterocycles. The van der Waals surface area contributed by atoms with Crippen LogP contribution in [0.5, 0.6) is 5.75 Å². The Morgan fingerprint density at radius 1 is 1.00 bits per heavy atom. The van der Waals surface area contributed by atoms with Crippen LogP contribution in [0.25, 0.3) is 33.6 Å². The molecule has 10 nitrogen and oxygen atoms in total. The van der Waals surface area contributed by atoms with Gasteiger partial charge in [-0.25, -0.2) is 4.79 Å². The molecular formula is C32H31N5O5. The molecule has 0 bridgehead atoms. The predicted octanol–water partition coefficient (Wildman–Crippen LogP) is 4.93. The van der Waals surface area contributed by atoms with Crippen LogP contribution in [-0.4, -0.2) is 61.1 Å². The van der Waals surface area contributed by atoms with Gasteiger partial charge in [-0.15, -0.1) is 5.10 Å². The number of nitrogens with one attached hydrogen (secondary N) is 1. The first-order valence-corrected chi connectivity index (χ1v) is 14.0. The van der Waals surface area contributed by atoms with Crippen molar-refractivity contribution in [2.45, 2.75) is 38.4 Å². The summed E-state index contributed by atoms with van der Waals surface area (Å²) in [5, 5.41) is 32.0. The van der Waals surface area contributed by atoms with E-state index in [1.807, 2.05) is 36.4 Å². The Bertz CT molecular complexity index is 1710. The molecule has 0 radical (unpaired) electrons. The Balaban J connectivity index is 1.13. The van der Waals surface area contributed by atoms with Crippen LogP contribution in [0.2, 0.25) is 0 Å². The molecule has 5 aromatic rings. The molecule has 3 N–H and O–H groups in total. The Hall–Kier alpha value is -4.96. The lowest BCUT2D eigenvalue weighted by atomic mass is 10.0. The average molecular weight is 566 g/mol. The summed E-state index contributed by atoms with van der Waals surface area (Å²) in [4.78, 5) is 26.9. The third kappa shape index (κ3) is 5.89. The van der Waals surface area contributed by atoms with Gasteiger partial charge in [0, 0.05) is 49.1 Å². The lowest BCUT2D eigenvalue weighted by Crippen LogP contribution is -2.44. The van der Waals surface area contributed by atoms with Crippen LogP contribution >= 0.6 is 0 Å². The lowest BCUT2D eigenvalue weighted by molar-refractivity contribution is -0.122. The lowest BCUT2D eigenvalue weighted by Gasteiger charge is -2.32. The van der Waals surface area contributed by atoms with E-state index in [-0.39, 0.29) is 29.7 Å². The van der Waals surface area contributed by atoms with Crippen LogP contribution in [0, 0.1) is 0 Å². The summed E-state index contributed by atoms with van der Waals surface area (Å²) < 4.78 is 7.69. The van der Waals surface area contributed by atoms with Gasteiger partial charge in [-0.1, -0.05) is 65.9 Å². The molecule has 10 heteroatoms. The first kappa shape index (κ1) is 27.2. The number of furan rings is 1. The standard InChI is InChI=1S/C32H31N5O5/c38-27-18-28-25(17-24(27)32(40)41)30(31(42-28)22-9-5-2-6-10-22)26-20-37(35-34-26)16-13-29(39)33-23-11-14-36(15-12-23)19-21-7-3-1-4-8-21/h1-10,17-18,20,23,38H,11-16,19H2,(H,33,39)(H,40,41). The largest absolute Gasteiger partial charge is 0.507 e. The molecule has 0 atom stereocenters. The van der Waals surface area contributed by atoms with Gasteiger partial charge in [-0.2, -0.15) is 0 Å². The second-order valence-corrected chi connectivity index (χ2v) is 10.6. The van der Waals surface area contributed by atoms with Crippen LogP contribution in [0.1, 0.15) is 35.2 Å². The number of nitrogens with zero attached hydrogens (tertiary/aromatic N) is 4. The van der Waals surface area contributed by atoms with Crippen molar-refractivity contribution >= 4 is 22.8 Å². The van der Waals surface area contributed by atoms with E-state index in [2.05, 4.69) is 44.8 Å². The van der Waals surface area contributed by atoms with E-state index < -0.39 is 5.97 Å². The third-order valence-electron chi connectivity index (χ3n) is 7.64. The van der Waals surface area contributed by atoms with Gasteiger partial charge in [0.1, 0.15) is 28.4 Å². The molecule has 1 amide bonds. The Labute approximate surface area is 242 Å². The molecule has 214 valence electrons. The number of amides is 1. The van der Waals surface area contributed by atoms with Crippen molar-refractivity contribution in [3.05, 3.63) is 90.1 Å². The topological polar surface area (TPSA) is 134 Å². The zero-order valence-corrected chi connectivity index (χ0v) is 22.9. The van der Waals surface area contributed by atoms with Gasteiger partial charge in [0.15, 0.2) is 0 Å². The van der Waals surface area contributed by atoms with Gasteiger partial charge < -0.3 is 19.9 Å². The highest BCUT2D eigenvalue weighted by Crippen LogP contribution is 2.42. The van der Waals surface area contributed by atoms with Crippen LogP contribution in [0.4, 0.5) is 0 Å². The van der Waals surface area contributed by atoms with Gasteiger partial charge in [0.2, 0.25) is 5.91 Å². The number of carbonyl (C=O) groups excluding carboxylic acids is 1. The molecule has 0 saturated carbocycles. The number of aryl methyl sites for hydroxylation is 1. The maximum atomic E-state index is 12.8. The second kappa shape index (κ2) is 11.9. The van der Waals surface area contributed by atoms with E-state index in [9.17, 15) is 19.8 Å². The minimum Gasteiger partial charge on any atom is -0.507 e. The monoisotopic (exact) mass is 565 g/mol. The van der Waals surface area contributed by atoms with E-state index in [0.29, 0.717) is 34.5 Å². The molecule has 0 unspecified atom stereocenters. The molecule has 0 spiro atoms. The fourth-order valence-electron chi connectivity index (χ4n) is 5.47. The van der Waals surface area contributed by atoms with Crippen molar-refractivity contribution in [3.63, 3.8) is 0 Å². The van der Waals surface area contributed by atoms with Crippen molar-refractivity contribution in [3.8, 4) is 28.3 Å². The number of rotatable bonds is 9. The van der Waals surface area contributed by atoms with Gasteiger partial charge >= 0.3 is 5.97 Å². The van der Waals surface area contributed by atoms with E-state index in [4.69, 9.17) is 4.42 Å². The third-order valence-corrected chi connectivity index (χ3v) is 7.64. The summed E-state index contributed by atoms with van der Waals surface area (Å²) >= 11 is 0. The van der Waals surface area contributed by atoms with Gasteiger partial charge in [0.25, 0.3) is 0 Å². The summed E-state index contributed by atoms with van der Waals surface area (Å²) in [5.41, 5.74) is 3.20. The Morgan fingerprint density at radius 2 is 1.71 bits per heavy atom. The number of carbonyl (C=O) groups is 2. The number of aromatic nitrogens is 3. The molecule has 1 saturated heterocycles. The summed E-state index contributed by atoms with van der Waals surface area (Å²) in [6, 6.07) is 22.6. The van der Waals surface area contributed by atoms with E-state index in [1.54, 1.807) is 10.9 Å². The van der Waals surface area contributed by atoms with Crippen LogP contribution in [-0.2, 0) is 17.9 Å². The molecule has 3 heterocycles. The van der Waals surface area contributed by atoms with Gasteiger partial charge in [-0.3, -0.25) is 14.4 Å². The van der Waals surface area contributed by atoms with E-state index >= 15 is 0 Å². The summed E-state index contributed by atoms with van der Waals surface area (Å²) in [6.45, 7) is 3.14. The molecule has 3 aromatic carbocycles. The summed E-state index contributed by atoms with van der Waals surface area (Å²) in [7, 11) is 0. The molecule has 6 rings (SSSR count). The van der Waals surface area contributed by atoms with Crippen molar-refractivity contribution in [2.75, 3.05) is 13.1 Å². The van der Waals surface area contributed by atoms with Crippen LogP contribution in [0.15, 0.2) is 83.4 Å². The number of benzene rings is 3. The van der Waals surface area contributed by atoms with Crippen molar-refractivity contribution < 1.29 is 24.2 Å². The Morgan fingerprint density at radius 3 is 2.43 bits per heavy atom. The highest BCUT2D eigenvalue weighted by molar-refractivity contribution is 6.05. The SMILES string of the molecule is O=C(CCn1cc(-c2c(-c3ccccc3)oc3cc(O)c(C(=O)O)cc23)nn1)NC1CCN(Cc2ccccc2)CC1. The van der Waals surface area contributed by atoms with Gasteiger partial charge in [0.05, 0.1) is 18.3 Å².